The molecule has 0 aromatic heterocycles. The van der Waals surface area contributed by atoms with Gasteiger partial charge in [0.05, 0.1) is 6.04 Å². The molecule has 0 bridgehead atoms. The maximum atomic E-state index is 13.9. The highest BCUT2D eigenvalue weighted by Gasteiger charge is 2.69. The molecule has 2 aliphatic heterocycles. The normalized spacial score (nSPS) is 28.0. The lowest BCUT2D eigenvalue weighted by molar-refractivity contribution is -0.147. The first-order chi connectivity index (χ1) is 16.9. The fraction of sp³-hybridized carbons (Fsp3) is 0.750. The van der Waals surface area contributed by atoms with Crippen LogP contribution in [0.15, 0.2) is 12.7 Å². The van der Waals surface area contributed by atoms with Gasteiger partial charge in [0.1, 0.15) is 12.1 Å². The van der Waals surface area contributed by atoms with Crippen molar-refractivity contribution < 1.29 is 24.0 Å². The van der Waals surface area contributed by atoms with Crippen molar-refractivity contribution in [2.45, 2.75) is 86.4 Å². The highest BCUT2D eigenvalue weighted by molar-refractivity contribution is 5.99. The van der Waals surface area contributed by atoms with Crippen molar-refractivity contribution in [3.8, 4) is 0 Å². The van der Waals surface area contributed by atoms with Crippen LogP contribution in [-0.2, 0) is 24.0 Å². The monoisotopic (exact) mass is 516 g/mol. The topological polar surface area (TPSA) is 125 Å². The molecule has 0 aromatic carbocycles. The molecule has 0 unspecified atom stereocenters. The largest absolute Gasteiger partial charge is 0.356 e. The maximum Gasteiger partial charge on any atom is 0.246 e. The molecule has 2 heterocycles. The fourth-order valence-corrected chi connectivity index (χ4v) is 5.78. The van der Waals surface area contributed by atoms with E-state index in [1.165, 1.54) is 0 Å². The lowest BCUT2D eigenvalue weighted by Crippen LogP contribution is -2.61. The molecule has 3 aliphatic rings. The number of hydrogen-bond donors (Lipinski definition) is 3. The van der Waals surface area contributed by atoms with Crippen LogP contribution in [0, 0.1) is 34.0 Å². The molecule has 2 saturated heterocycles. The predicted molar refractivity (Wildman–Crippen MR) is 140 cm³/mol. The molecule has 1 saturated carbocycles. The second-order valence-electron chi connectivity index (χ2n) is 13.6. The number of ketones is 1. The van der Waals surface area contributed by atoms with Crippen molar-refractivity contribution in [2.75, 3.05) is 13.1 Å². The summed E-state index contributed by atoms with van der Waals surface area (Å²) >= 11 is 0. The smallest absolute Gasteiger partial charge is 0.246 e. The van der Waals surface area contributed by atoms with Gasteiger partial charge in [-0.3, -0.25) is 24.0 Å². The number of hydrogen-bond acceptors (Lipinski definition) is 5. The Morgan fingerprint density at radius 1 is 1.14 bits per heavy atom. The third kappa shape index (κ3) is 5.75. The van der Waals surface area contributed by atoms with Gasteiger partial charge in [-0.15, -0.1) is 0 Å². The van der Waals surface area contributed by atoms with E-state index in [1.807, 2.05) is 20.8 Å². The maximum absolute atomic E-state index is 13.9. The van der Waals surface area contributed by atoms with Crippen molar-refractivity contribution in [1.82, 2.24) is 20.9 Å². The molecule has 1 aliphatic carbocycles. The van der Waals surface area contributed by atoms with Crippen LogP contribution >= 0.6 is 0 Å². The van der Waals surface area contributed by atoms with Gasteiger partial charge in [-0.1, -0.05) is 62.0 Å². The van der Waals surface area contributed by atoms with Gasteiger partial charge < -0.3 is 20.9 Å². The van der Waals surface area contributed by atoms with E-state index >= 15 is 0 Å². The van der Waals surface area contributed by atoms with Crippen LogP contribution in [0.25, 0.3) is 0 Å². The molecule has 6 atom stereocenters. The molecule has 0 spiro atoms. The zero-order valence-electron chi connectivity index (χ0n) is 23.6. The van der Waals surface area contributed by atoms with Gasteiger partial charge in [0, 0.05) is 24.4 Å². The van der Waals surface area contributed by atoms with E-state index in [-0.39, 0.29) is 53.1 Å². The Morgan fingerprint density at radius 2 is 1.76 bits per heavy atom. The minimum Gasteiger partial charge on any atom is -0.356 e. The lowest BCUT2D eigenvalue weighted by atomic mass is 9.84. The summed E-state index contributed by atoms with van der Waals surface area (Å²) in [4.78, 5) is 66.9. The van der Waals surface area contributed by atoms with E-state index in [9.17, 15) is 24.0 Å². The highest BCUT2D eigenvalue weighted by Crippen LogP contribution is 2.65. The standard InChI is InChI=1S/C28H44N4O5/c1-10-18(33)17(13-15-11-12-29-22(15)34)30-23(35)20-19-16(28(19,8)9)14-32(20)24(36)21(26(2,3)4)31-25(37)27(5,6)7/h10,15-17,19-21H,1,11-14H2,2-9H3,(H,29,34)(H,30,35)(H,31,37)/t15-,16-,17-,19-,20-,21+/m0/s1. The number of carbonyl (C=O) groups excluding carboxylic acids is 5. The second kappa shape index (κ2) is 9.87. The minimum atomic E-state index is -0.893. The molecule has 4 amide bonds. The molecule has 9 nitrogen and oxygen atoms in total. The summed E-state index contributed by atoms with van der Waals surface area (Å²) in [6.07, 6.45) is 1.95. The van der Waals surface area contributed by atoms with Gasteiger partial charge in [0.2, 0.25) is 23.6 Å². The van der Waals surface area contributed by atoms with Crippen LogP contribution in [0.3, 0.4) is 0 Å². The fourth-order valence-electron chi connectivity index (χ4n) is 5.78. The zero-order valence-corrected chi connectivity index (χ0v) is 23.6. The number of piperidine rings is 1. The molecule has 0 radical (unpaired) electrons. The first-order valence-corrected chi connectivity index (χ1v) is 13.3. The van der Waals surface area contributed by atoms with E-state index in [1.54, 1.807) is 25.7 Å². The van der Waals surface area contributed by atoms with Crippen LogP contribution < -0.4 is 16.0 Å². The Morgan fingerprint density at radius 3 is 2.24 bits per heavy atom. The van der Waals surface area contributed by atoms with Gasteiger partial charge >= 0.3 is 0 Å². The molecular formula is C28H44N4O5. The van der Waals surface area contributed by atoms with Crippen molar-refractivity contribution in [3.63, 3.8) is 0 Å². The summed E-state index contributed by atoms with van der Waals surface area (Å²) in [6.45, 7) is 19.7. The van der Waals surface area contributed by atoms with Gasteiger partial charge in [0.15, 0.2) is 5.78 Å². The van der Waals surface area contributed by atoms with Crippen molar-refractivity contribution in [1.29, 1.82) is 0 Å². The Bertz CT molecular complexity index is 990. The van der Waals surface area contributed by atoms with Crippen LogP contribution in [-0.4, -0.2) is 65.5 Å². The molecule has 206 valence electrons. The number of rotatable bonds is 8. The van der Waals surface area contributed by atoms with Crippen molar-refractivity contribution >= 4 is 29.4 Å². The summed E-state index contributed by atoms with van der Waals surface area (Å²) in [5.41, 5.74) is -1.38. The molecule has 3 fully saturated rings. The number of nitrogens with zero attached hydrogens (tertiary/aromatic N) is 1. The molecule has 3 N–H and O–H groups in total. The number of nitrogens with one attached hydrogen (secondary N) is 3. The lowest BCUT2D eigenvalue weighted by Gasteiger charge is -2.38. The van der Waals surface area contributed by atoms with E-state index < -0.39 is 34.9 Å². The number of amides is 4. The summed E-state index contributed by atoms with van der Waals surface area (Å²) in [7, 11) is 0. The van der Waals surface area contributed by atoms with Crippen LogP contribution in [0.5, 0.6) is 0 Å². The predicted octanol–water partition coefficient (Wildman–Crippen LogP) is 1.81. The molecule has 9 heteroatoms. The van der Waals surface area contributed by atoms with Gasteiger partial charge in [-0.05, 0) is 41.6 Å². The Hall–Kier alpha value is -2.71. The number of carbonyl (C=O) groups is 5. The van der Waals surface area contributed by atoms with E-state index in [4.69, 9.17) is 0 Å². The second-order valence-corrected chi connectivity index (χ2v) is 13.6. The van der Waals surface area contributed by atoms with Gasteiger partial charge in [-0.2, -0.15) is 0 Å². The highest BCUT2D eigenvalue weighted by atomic mass is 16.2. The average molecular weight is 517 g/mol. The van der Waals surface area contributed by atoms with Gasteiger partial charge in [-0.25, -0.2) is 0 Å². The third-order valence-corrected chi connectivity index (χ3v) is 8.37. The Labute approximate surface area is 220 Å². The number of likely N-dealkylation sites (tertiary alicyclic amines) is 1. The minimum absolute atomic E-state index is 0.0513. The van der Waals surface area contributed by atoms with E-state index in [0.717, 1.165) is 6.08 Å². The Kier molecular flexibility index (Phi) is 7.70. The molecular weight excluding hydrogens is 472 g/mol. The third-order valence-electron chi connectivity index (χ3n) is 8.37. The first kappa shape index (κ1) is 28.9. The molecule has 37 heavy (non-hydrogen) atoms. The van der Waals surface area contributed by atoms with Crippen LogP contribution in [0.2, 0.25) is 0 Å². The van der Waals surface area contributed by atoms with Crippen molar-refractivity contribution in [3.05, 3.63) is 12.7 Å². The Balaban J connectivity index is 1.86. The summed E-state index contributed by atoms with van der Waals surface area (Å²) in [5, 5.41) is 8.55. The number of fused-ring (bicyclic) bond motifs is 1. The first-order valence-electron chi connectivity index (χ1n) is 13.3. The zero-order chi connectivity index (χ0) is 28.1. The quantitative estimate of drug-likeness (QED) is 0.425. The molecule has 3 rings (SSSR count). The van der Waals surface area contributed by atoms with E-state index in [0.29, 0.717) is 19.5 Å². The summed E-state index contributed by atoms with van der Waals surface area (Å²) < 4.78 is 0. The summed E-state index contributed by atoms with van der Waals surface area (Å²) in [6, 6.07) is -2.47. The SMILES string of the molecule is C=CC(=O)[C@H](C[C@@H]1CCNC1=O)NC(=O)[C@@H]1[C@@H]2[C@H](CN1C(=O)[C@@H](NC(=O)C(C)(C)C)C(C)(C)C)C2(C)C. The average Bonchev–Trinajstić information content (AvgIpc) is 3.14. The van der Waals surface area contributed by atoms with Gasteiger partial charge in [0.25, 0.3) is 0 Å². The summed E-state index contributed by atoms with van der Waals surface area (Å²) in [5.74, 6) is -1.68. The van der Waals surface area contributed by atoms with E-state index in [2.05, 4.69) is 36.4 Å². The molecule has 0 aromatic rings. The van der Waals surface area contributed by atoms with Crippen LogP contribution in [0.1, 0.15) is 68.2 Å². The van der Waals surface area contributed by atoms with Crippen LogP contribution in [0.4, 0.5) is 0 Å². The van der Waals surface area contributed by atoms with Crippen molar-refractivity contribution in [2.24, 2.45) is 34.0 Å².